The Kier molecular flexibility index (Phi) is 6.32. The molecule has 0 aromatic carbocycles. The topological polar surface area (TPSA) is 26.0 Å². The van der Waals surface area contributed by atoms with Crippen molar-refractivity contribution in [2.45, 2.75) is 45.6 Å². The number of hydrogen-bond acceptors (Lipinski definition) is 1. The Hall–Kier alpha value is -0.480. The summed E-state index contributed by atoms with van der Waals surface area (Å²) in [5, 5.41) is 0. The summed E-state index contributed by atoms with van der Waals surface area (Å²) in [4.78, 5) is 0. The van der Waals surface area contributed by atoms with Crippen LogP contribution in [0, 0.1) is 11.8 Å². The van der Waals surface area contributed by atoms with Gasteiger partial charge < -0.3 is 5.73 Å². The molecule has 0 amide bonds. The molecule has 0 aromatic rings. The second-order valence-electron chi connectivity index (χ2n) is 2.47. The highest BCUT2D eigenvalue weighted by Gasteiger charge is 1.91. The van der Waals surface area contributed by atoms with E-state index in [1.54, 1.807) is 0 Å². The van der Waals surface area contributed by atoms with Gasteiger partial charge >= 0.3 is 0 Å². The largest absolute Gasteiger partial charge is 0.318 e. The van der Waals surface area contributed by atoms with Crippen LogP contribution in [-0.4, -0.2) is 6.04 Å². The van der Waals surface area contributed by atoms with Crippen LogP contribution >= 0.6 is 0 Å². The summed E-state index contributed by atoms with van der Waals surface area (Å²) >= 11 is 0. The molecular weight excluding hydrogens is 122 g/mol. The van der Waals surface area contributed by atoms with E-state index >= 15 is 0 Å². The van der Waals surface area contributed by atoms with Crippen molar-refractivity contribution in [2.75, 3.05) is 0 Å². The molecule has 0 heterocycles. The average Bonchev–Trinajstić information content (AvgIpc) is 1.89. The van der Waals surface area contributed by atoms with Crippen LogP contribution in [0.3, 0.4) is 0 Å². The third-order valence-electron chi connectivity index (χ3n) is 1.26. The van der Waals surface area contributed by atoms with E-state index in [0.717, 1.165) is 25.7 Å². The molecule has 1 unspecified atom stereocenters. The predicted octanol–water partition coefficient (Wildman–Crippen LogP) is 1.92. The molecule has 0 rings (SSSR count). The SMILES string of the molecule is CCCC#CC(N)CCC. The lowest BCUT2D eigenvalue weighted by Crippen LogP contribution is -2.16. The molecule has 1 heteroatoms. The Balaban J connectivity index is 3.37. The van der Waals surface area contributed by atoms with Crippen molar-refractivity contribution in [3.8, 4) is 11.8 Å². The van der Waals surface area contributed by atoms with Crippen LogP contribution in [0.25, 0.3) is 0 Å². The number of nitrogens with two attached hydrogens (primary N) is 1. The van der Waals surface area contributed by atoms with E-state index in [-0.39, 0.29) is 6.04 Å². The van der Waals surface area contributed by atoms with E-state index in [1.807, 2.05) is 0 Å². The zero-order valence-electron chi connectivity index (χ0n) is 6.98. The molecule has 0 radical (unpaired) electrons. The zero-order valence-corrected chi connectivity index (χ0v) is 6.98. The van der Waals surface area contributed by atoms with Crippen molar-refractivity contribution < 1.29 is 0 Å². The second-order valence-corrected chi connectivity index (χ2v) is 2.47. The highest BCUT2D eigenvalue weighted by Crippen LogP contribution is 1.91. The lowest BCUT2D eigenvalue weighted by Gasteiger charge is -1.98. The Labute approximate surface area is 64.0 Å². The maximum atomic E-state index is 5.65. The van der Waals surface area contributed by atoms with Gasteiger partial charge in [0.25, 0.3) is 0 Å². The average molecular weight is 139 g/mol. The van der Waals surface area contributed by atoms with E-state index in [4.69, 9.17) is 5.73 Å². The number of rotatable bonds is 3. The summed E-state index contributed by atoms with van der Waals surface area (Å²) in [5.41, 5.74) is 5.65. The summed E-state index contributed by atoms with van der Waals surface area (Å²) in [5.74, 6) is 6.06. The minimum Gasteiger partial charge on any atom is -0.318 e. The molecule has 1 nitrogen and oxygen atoms in total. The van der Waals surface area contributed by atoms with E-state index < -0.39 is 0 Å². The van der Waals surface area contributed by atoms with Crippen molar-refractivity contribution in [3.05, 3.63) is 0 Å². The van der Waals surface area contributed by atoms with Crippen molar-refractivity contribution in [2.24, 2.45) is 5.73 Å². The summed E-state index contributed by atoms with van der Waals surface area (Å²) in [7, 11) is 0. The van der Waals surface area contributed by atoms with E-state index in [0.29, 0.717) is 0 Å². The fourth-order valence-corrected chi connectivity index (χ4v) is 0.711. The fourth-order valence-electron chi connectivity index (χ4n) is 0.711. The normalized spacial score (nSPS) is 11.9. The monoisotopic (exact) mass is 139 g/mol. The minimum atomic E-state index is 0.108. The third-order valence-corrected chi connectivity index (χ3v) is 1.26. The van der Waals surface area contributed by atoms with Crippen molar-refractivity contribution in [3.63, 3.8) is 0 Å². The van der Waals surface area contributed by atoms with Gasteiger partial charge in [-0.2, -0.15) is 0 Å². The van der Waals surface area contributed by atoms with Gasteiger partial charge in [-0.25, -0.2) is 0 Å². The highest BCUT2D eigenvalue weighted by atomic mass is 14.6. The first-order valence-electron chi connectivity index (χ1n) is 4.05. The lowest BCUT2D eigenvalue weighted by molar-refractivity contribution is 0.719. The molecule has 0 aliphatic rings. The molecule has 0 fully saturated rings. The maximum Gasteiger partial charge on any atom is 0.0664 e. The number of unbranched alkanes of at least 4 members (excludes halogenated alkanes) is 1. The lowest BCUT2D eigenvalue weighted by atomic mass is 10.2. The molecule has 10 heavy (non-hydrogen) atoms. The minimum absolute atomic E-state index is 0.108. The Morgan fingerprint density at radius 2 is 2.00 bits per heavy atom. The van der Waals surface area contributed by atoms with Gasteiger partial charge in [0.15, 0.2) is 0 Å². The van der Waals surface area contributed by atoms with Gasteiger partial charge in [0.1, 0.15) is 0 Å². The molecular formula is C9H17N. The molecule has 2 N–H and O–H groups in total. The van der Waals surface area contributed by atoms with E-state index in [2.05, 4.69) is 25.7 Å². The molecule has 0 saturated heterocycles. The van der Waals surface area contributed by atoms with Crippen LogP contribution in [0.4, 0.5) is 0 Å². The number of hydrogen-bond donors (Lipinski definition) is 1. The first-order chi connectivity index (χ1) is 4.81. The Morgan fingerprint density at radius 1 is 1.30 bits per heavy atom. The Bertz CT molecular complexity index is 118. The van der Waals surface area contributed by atoms with Gasteiger partial charge in [-0.15, -0.1) is 5.92 Å². The molecule has 0 aromatic heterocycles. The second kappa shape index (κ2) is 6.64. The summed E-state index contributed by atoms with van der Waals surface area (Å²) in [6, 6.07) is 0.108. The van der Waals surface area contributed by atoms with Crippen molar-refractivity contribution in [1.82, 2.24) is 0 Å². The molecule has 0 aliphatic heterocycles. The zero-order chi connectivity index (χ0) is 7.82. The van der Waals surface area contributed by atoms with Crippen LogP contribution in [0.5, 0.6) is 0 Å². The smallest absolute Gasteiger partial charge is 0.0664 e. The van der Waals surface area contributed by atoms with Gasteiger partial charge in [0.2, 0.25) is 0 Å². The molecule has 1 atom stereocenters. The van der Waals surface area contributed by atoms with Gasteiger partial charge in [-0.3, -0.25) is 0 Å². The van der Waals surface area contributed by atoms with Crippen molar-refractivity contribution >= 4 is 0 Å². The standard InChI is InChI=1S/C9H17N/c1-3-5-6-8-9(10)7-4-2/h9H,3-5,7,10H2,1-2H3. The van der Waals surface area contributed by atoms with Gasteiger partial charge in [0, 0.05) is 6.42 Å². The predicted molar refractivity (Wildman–Crippen MR) is 45.6 cm³/mol. The quantitative estimate of drug-likeness (QED) is 0.594. The van der Waals surface area contributed by atoms with Gasteiger partial charge in [-0.1, -0.05) is 26.2 Å². The fraction of sp³-hybridized carbons (Fsp3) is 0.778. The highest BCUT2D eigenvalue weighted by molar-refractivity contribution is 5.05. The molecule has 0 aliphatic carbocycles. The summed E-state index contributed by atoms with van der Waals surface area (Å²) < 4.78 is 0. The first kappa shape index (κ1) is 9.52. The van der Waals surface area contributed by atoms with Crippen LogP contribution in [-0.2, 0) is 0 Å². The molecule has 0 bridgehead atoms. The van der Waals surface area contributed by atoms with Gasteiger partial charge in [0.05, 0.1) is 6.04 Å². The Morgan fingerprint density at radius 3 is 2.50 bits per heavy atom. The van der Waals surface area contributed by atoms with Crippen LogP contribution in [0.1, 0.15) is 39.5 Å². The molecule has 58 valence electrons. The summed E-state index contributed by atoms with van der Waals surface area (Å²) in [6.07, 6.45) is 4.27. The summed E-state index contributed by atoms with van der Waals surface area (Å²) in [6.45, 7) is 4.25. The molecule has 0 saturated carbocycles. The first-order valence-corrected chi connectivity index (χ1v) is 4.05. The van der Waals surface area contributed by atoms with Crippen LogP contribution < -0.4 is 5.73 Å². The van der Waals surface area contributed by atoms with Crippen LogP contribution in [0.15, 0.2) is 0 Å². The maximum absolute atomic E-state index is 5.65. The van der Waals surface area contributed by atoms with E-state index in [9.17, 15) is 0 Å². The van der Waals surface area contributed by atoms with Gasteiger partial charge in [-0.05, 0) is 12.8 Å². The molecule has 0 spiro atoms. The van der Waals surface area contributed by atoms with Crippen molar-refractivity contribution in [1.29, 1.82) is 0 Å². The van der Waals surface area contributed by atoms with E-state index in [1.165, 1.54) is 0 Å². The third kappa shape index (κ3) is 5.65. The van der Waals surface area contributed by atoms with Crippen LogP contribution in [0.2, 0.25) is 0 Å².